The maximum Gasteiger partial charge on any atom is 0.500 e. The minimum Gasteiger partial charge on any atom is -0.216 e. The van der Waals surface area contributed by atoms with Crippen LogP contribution in [-0.4, -0.2) is 20.1 Å². The summed E-state index contributed by atoms with van der Waals surface area (Å²) < 4.78 is 58.1. The SMILES string of the molecule is O=S(=O)(PCCC1CC2CCC1C2)C(F)(F)F. The molecule has 2 aliphatic rings. The van der Waals surface area contributed by atoms with Crippen molar-refractivity contribution >= 4 is 17.2 Å². The molecule has 4 atom stereocenters. The third-order valence-electron chi connectivity index (χ3n) is 4.00. The lowest BCUT2D eigenvalue weighted by molar-refractivity contribution is -0.0411. The average molecular weight is 288 g/mol. The molecule has 7 heteroatoms. The van der Waals surface area contributed by atoms with Gasteiger partial charge in [-0.25, -0.2) is 8.42 Å². The highest BCUT2D eigenvalue weighted by Crippen LogP contribution is 2.50. The van der Waals surface area contributed by atoms with Crippen LogP contribution in [0, 0.1) is 17.8 Å². The molecule has 0 aromatic heterocycles. The smallest absolute Gasteiger partial charge is 0.216 e. The number of alkyl halides is 3. The van der Waals surface area contributed by atoms with Gasteiger partial charge in [-0.15, -0.1) is 0 Å². The Morgan fingerprint density at radius 3 is 2.35 bits per heavy atom. The molecule has 2 fully saturated rings. The predicted octanol–water partition coefficient (Wildman–Crippen LogP) is 3.34. The van der Waals surface area contributed by atoms with Gasteiger partial charge in [0.15, 0.2) is 0 Å². The van der Waals surface area contributed by atoms with Crippen molar-refractivity contribution in [1.82, 2.24) is 0 Å². The van der Waals surface area contributed by atoms with E-state index in [0.717, 1.165) is 12.3 Å². The molecule has 0 aliphatic heterocycles. The monoisotopic (exact) mass is 288 g/mol. The maximum atomic E-state index is 12.1. The molecular weight excluding hydrogens is 272 g/mol. The minimum absolute atomic E-state index is 0.176. The van der Waals surface area contributed by atoms with E-state index in [1.807, 2.05) is 0 Å². The molecule has 0 aromatic rings. The van der Waals surface area contributed by atoms with Crippen molar-refractivity contribution in [1.29, 1.82) is 0 Å². The Morgan fingerprint density at radius 1 is 1.18 bits per heavy atom. The molecule has 0 amide bonds. The van der Waals surface area contributed by atoms with E-state index in [4.69, 9.17) is 0 Å². The lowest BCUT2D eigenvalue weighted by atomic mass is 9.87. The minimum atomic E-state index is -5.07. The van der Waals surface area contributed by atoms with Gasteiger partial charge in [-0.05, 0) is 49.6 Å². The quantitative estimate of drug-likeness (QED) is 0.743. The Morgan fingerprint density at radius 2 is 1.88 bits per heavy atom. The standard InChI is InChI=1S/C10H16F3O2PS/c11-10(12,13)17(14,15)16-4-3-9-6-7-1-2-8(9)5-7/h7-9,16H,1-6H2. The van der Waals surface area contributed by atoms with Gasteiger partial charge < -0.3 is 0 Å². The molecule has 2 aliphatic carbocycles. The van der Waals surface area contributed by atoms with Gasteiger partial charge in [0, 0.05) is 7.78 Å². The average Bonchev–Trinajstić information content (AvgIpc) is 2.76. The van der Waals surface area contributed by atoms with Crippen LogP contribution in [0.25, 0.3) is 0 Å². The number of halogens is 3. The highest BCUT2D eigenvalue weighted by atomic mass is 32.8. The second-order valence-corrected chi connectivity index (χ2v) is 9.80. The van der Waals surface area contributed by atoms with Gasteiger partial charge in [-0.2, -0.15) is 13.2 Å². The first-order valence-corrected chi connectivity index (χ1v) is 9.27. The van der Waals surface area contributed by atoms with Crippen LogP contribution in [-0.2, 0) is 9.46 Å². The van der Waals surface area contributed by atoms with Crippen molar-refractivity contribution in [2.75, 3.05) is 6.16 Å². The van der Waals surface area contributed by atoms with E-state index in [1.54, 1.807) is 0 Å². The van der Waals surface area contributed by atoms with Crippen LogP contribution in [0.3, 0.4) is 0 Å². The molecule has 100 valence electrons. The van der Waals surface area contributed by atoms with Crippen LogP contribution in [0.15, 0.2) is 0 Å². The Balaban J connectivity index is 1.77. The van der Waals surface area contributed by atoms with Crippen molar-refractivity contribution in [3.05, 3.63) is 0 Å². The van der Waals surface area contributed by atoms with Crippen LogP contribution in [0.1, 0.15) is 32.1 Å². The summed E-state index contributed by atoms with van der Waals surface area (Å²) in [6.07, 6.45) is 5.57. The number of rotatable bonds is 4. The van der Waals surface area contributed by atoms with E-state index in [0.29, 0.717) is 18.3 Å². The molecule has 0 aromatic carbocycles. The van der Waals surface area contributed by atoms with Gasteiger partial charge in [0.05, 0.1) is 0 Å². The van der Waals surface area contributed by atoms with Gasteiger partial charge in [-0.3, -0.25) is 0 Å². The number of hydrogen-bond acceptors (Lipinski definition) is 2. The van der Waals surface area contributed by atoms with Crippen molar-refractivity contribution in [3.63, 3.8) is 0 Å². The van der Waals surface area contributed by atoms with E-state index >= 15 is 0 Å². The maximum absolute atomic E-state index is 12.1. The molecule has 0 saturated heterocycles. The van der Waals surface area contributed by atoms with Crippen molar-refractivity contribution in [2.45, 2.75) is 37.6 Å². The fourth-order valence-corrected chi connectivity index (χ4v) is 5.76. The van der Waals surface area contributed by atoms with Crippen molar-refractivity contribution in [2.24, 2.45) is 17.8 Å². The second kappa shape index (κ2) is 4.69. The number of hydrogen-bond donors (Lipinski definition) is 0. The lowest BCUT2D eigenvalue weighted by Crippen LogP contribution is -2.19. The van der Waals surface area contributed by atoms with Crippen LogP contribution in [0.2, 0.25) is 0 Å². The van der Waals surface area contributed by atoms with Crippen LogP contribution >= 0.6 is 7.78 Å². The molecule has 2 rings (SSSR count). The third-order valence-corrected chi connectivity index (χ3v) is 7.93. The van der Waals surface area contributed by atoms with E-state index in [9.17, 15) is 21.6 Å². The highest BCUT2D eigenvalue weighted by Gasteiger charge is 2.45. The Bertz CT molecular complexity index is 380. The van der Waals surface area contributed by atoms with E-state index < -0.39 is 22.7 Å². The Hall–Kier alpha value is 0.170. The van der Waals surface area contributed by atoms with Crippen LogP contribution < -0.4 is 0 Å². The summed E-state index contributed by atoms with van der Waals surface area (Å²) in [5.74, 6) is 1.88. The molecule has 0 radical (unpaired) electrons. The summed E-state index contributed by atoms with van der Waals surface area (Å²) in [6, 6.07) is 0. The molecule has 0 heterocycles. The van der Waals surface area contributed by atoms with Gasteiger partial charge in [0.25, 0.3) is 9.46 Å². The number of fused-ring (bicyclic) bond motifs is 2. The normalized spacial score (nSPS) is 33.9. The van der Waals surface area contributed by atoms with E-state index in [2.05, 4.69) is 0 Å². The topological polar surface area (TPSA) is 34.1 Å². The molecule has 0 spiro atoms. The van der Waals surface area contributed by atoms with Crippen molar-refractivity contribution in [3.8, 4) is 0 Å². The summed E-state index contributed by atoms with van der Waals surface area (Å²) in [6.45, 7) is 0. The largest absolute Gasteiger partial charge is 0.500 e. The van der Waals surface area contributed by atoms with Crippen LogP contribution in [0.4, 0.5) is 13.2 Å². The molecular formula is C10H16F3O2PS. The molecule has 0 N–H and O–H groups in total. The molecule has 2 saturated carbocycles. The highest BCUT2D eigenvalue weighted by molar-refractivity contribution is 8.44. The fourth-order valence-electron chi connectivity index (χ4n) is 3.19. The third kappa shape index (κ3) is 2.95. The summed E-state index contributed by atoms with van der Waals surface area (Å²) >= 11 is 0. The van der Waals surface area contributed by atoms with E-state index in [-0.39, 0.29) is 6.16 Å². The molecule has 4 unspecified atom stereocenters. The summed E-state index contributed by atoms with van der Waals surface area (Å²) in [4.78, 5) is 0. The molecule has 2 bridgehead atoms. The Labute approximate surface area is 101 Å². The first-order valence-electron chi connectivity index (χ1n) is 5.85. The fraction of sp³-hybridized carbons (Fsp3) is 1.00. The summed E-state index contributed by atoms with van der Waals surface area (Å²) in [5, 5.41) is 0. The van der Waals surface area contributed by atoms with Gasteiger partial charge >= 0.3 is 5.51 Å². The van der Waals surface area contributed by atoms with Crippen molar-refractivity contribution < 1.29 is 21.6 Å². The first kappa shape index (κ1) is 13.6. The summed E-state index contributed by atoms with van der Waals surface area (Å²) in [5.41, 5.74) is -5.07. The Kier molecular flexibility index (Phi) is 3.75. The zero-order valence-electron chi connectivity index (χ0n) is 9.33. The first-order chi connectivity index (χ1) is 7.79. The van der Waals surface area contributed by atoms with Gasteiger partial charge in [-0.1, -0.05) is 6.42 Å². The molecule has 2 nitrogen and oxygen atoms in total. The molecule has 17 heavy (non-hydrogen) atoms. The zero-order valence-corrected chi connectivity index (χ0v) is 11.1. The lowest BCUT2D eigenvalue weighted by Gasteiger charge is -2.21. The van der Waals surface area contributed by atoms with Crippen LogP contribution in [0.5, 0.6) is 0 Å². The van der Waals surface area contributed by atoms with Gasteiger partial charge in [0.2, 0.25) is 0 Å². The second-order valence-electron chi connectivity index (χ2n) is 5.07. The van der Waals surface area contributed by atoms with E-state index in [1.165, 1.54) is 19.3 Å². The zero-order chi connectivity index (χ0) is 12.7. The summed E-state index contributed by atoms with van der Waals surface area (Å²) in [7, 11) is -5.88. The predicted molar refractivity (Wildman–Crippen MR) is 61.7 cm³/mol. The van der Waals surface area contributed by atoms with Gasteiger partial charge in [0.1, 0.15) is 0 Å².